The molecule has 0 spiro atoms. The number of hydrogen-bond acceptors (Lipinski definition) is 2. The van der Waals surface area contributed by atoms with Crippen LogP contribution in [-0.4, -0.2) is 18.1 Å². The van der Waals surface area contributed by atoms with Gasteiger partial charge in [0.1, 0.15) is 5.75 Å². The van der Waals surface area contributed by atoms with Crippen molar-refractivity contribution in [1.29, 1.82) is 0 Å². The van der Waals surface area contributed by atoms with Crippen molar-refractivity contribution in [3.05, 3.63) is 82.0 Å². The highest BCUT2D eigenvalue weighted by Crippen LogP contribution is 2.41. The van der Waals surface area contributed by atoms with E-state index in [1.807, 2.05) is 25.1 Å². The van der Waals surface area contributed by atoms with Gasteiger partial charge in [0.2, 0.25) is 5.91 Å². The molecule has 30 heavy (non-hydrogen) atoms. The van der Waals surface area contributed by atoms with E-state index in [2.05, 4.69) is 63.4 Å². The monoisotopic (exact) mass is 405 g/mol. The summed E-state index contributed by atoms with van der Waals surface area (Å²) in [5.41, 5.74) is 6.27. The quantitative estimate of drug-likeness (QED) is 0.537. The van der Waals surface area contributed by atoms with Crippen LogP contribution in [0.5, 0.6) is 5.75 Å². The molecule has 160 valence electrons. The average molecular weight is 406 g/mol. The number of aromatic hydroxyl groups is 1. The maximum absolute atomic E-state index is 12.3. The second-order valence-corrected chi connectivity index (χ2v) is 8.75. The molecule has 3 heteroatoms. The first-order valence-corrected chi connectivity index (χ1v) is 10.6. The number of aryl methyl sites for hydroxylation is 1. The molecule has 0 radical (unpaired) electrons. The fourth-order valence-corrected chi connectivity index (χ4v) is 3.80. The lowest BCUT2D eigenvalue weighted by Crippen LogP contribution is -2.28. The Morgan fingerprint density at radius 1 is 1.17 bits per heavy atom. The number of carbonyl (C=O) groups excluding carboxylic acids is 1. The van der Waals surface area contributed by atoms with Crippen LogP contribution in [0, 0.1) is 12.3 Å². The average Bonchev–Trinajstić information content (AvgIpc) is 2.68. The third kappa shape index (κ3) is 6.35. The molecule has 0 saturated heterocycles. The Morgan fingerprint density at radius 3 is 2.57 bits per heavy atom. The normalized spacial score (nSPS) is 17.8. The molecular formula is C27H35NO2. The Balaban J connectivity index is 2.15. The van der Waals surface area contributed by atoms with Crippen LogP contribution in [0.15, 0.2) is 70.9 Å². The zero-order valence-electron chi connectivity index (χ0n) is 19.2. The van der Waals surface area contributed by atoms with Gasteiger partial charge in [0.05, 0.1) is 0 Å². The molecule has 1 amide bonds. The van der Waals surface area contributed by atoms with Gasteiger partial charge in [-0.2, -0.15) is 0 Å². The third-order valence-corrected chi connectivity index (χ3v) is 5.63. The third-order valence-electron chi connectivity index (χ3n) is 5.63. The summed E-state index contributed by atoms with van der Waals surface area (Å²) in [6.45, 7) is 10.5. The molecule has 0 saturated carbocycles. The van der Waals surface area contributed by atoms with Crippen LogP contribution in [0.1, 0.15) is 58.1 Å². The largest absolute Gasteiger partial charge is 0.508 e. The fraction of sp³-hybridized carbons (Fsp3) is 0.370. The van der Waals surface area contributed by atoms with E-state index in [9.17, 15) is 9.90 Å². The number of hydrogen-bond donors (Lipinski definition) is 2. The van der Waals surface area contributed by atoms with Crippen LogP contribution in [0.25, 0.3) is 6.08 Å². The molecule has 1 aliphatic carbocycles. The molecule has 2 rings (SSSR count). The molecule has 0 unspecified atom stereocenters. The highest BCUT2D eigenvalue weighted by atomic mass is 16.3. The predicted molar refractivity (Wildman–Crippen MR) is 127 cm³/mol. The van der Waals surface area contributed by atoms with E-state index < -0.39 is 0 Å². The first-order chi connectivity index (χ1) is 14.1. The van der Waals surface area contributed by atoms with Crippen LogP contribution in [0.4, 0.5) is 0 Å². The number of nitrogens with one attached hydrogen (secondary N) is 1. The molecular weight excluding hydrogens is 370 g/mol. The fourth-order valence-electron chi connectivity index (χ4n) is 3.80. The van der Waals surface area contributed by atoms with Gasteiger partial charge >= 0.3 is 0 Å². The minimum atomic E-state index is 0.00822. The zero-order valence-corrected chi connectivity index (χ0v) is 19.2. The molecule has 0 fully saturated rings. The number of amides is 1. The Hall–Kier alpha value is -2.81. The van der Waals surface area contributed by atoms with Gasteiger partial charge in [-0.1, -0.05) is 67.5 Å². The summed E-state index contributed by atoms with van der Waals surface area (Å²) in [6.07, 6.45) is 15.5. The summed E-state index contributed by atoms with van der Waals surface area (Å²) in [5.74, 6) is 0.357. The Morgan fingerprint density at radius 2 is 1.90 bits per heavy atom. The number of allylic oxidation sites excluding steroid dienone is 8. The maximum Gasteiger partial charge on any atom is 0.247 e. The minimum Gasteiger partial charge on any atom is -0.508 e. The van der Waals surface area contributed by atoms with Crippen molar-refractivity contribution >= 4 is 12.0 Å². The van der Waals surface area contributed by atoms with E-state index in [0.717, 1.165) is 52.7 Å². The van der Waals surface area contributed by atoms with Crippen molar-refractivity contribution < 1.29 is 9.90 Å². The zero-order chi connectivity index (χ0) is 22.3. The lowest BCUT2D eigenvalue weighted by Gasteiger charge is -2.33. The summed E-state index contributed by atoms with van der Waals surface area (Å²) in [5, 5.41) is 12.4. The summed E-state index contributed by atoms with van der Waals surface area (Å²) < 4.78 is 0. The lowest BCUT2D eigenvalue weighted by molar-refractivity contribution is -0.117. The summed E-state index contributed by atoms with van der Waals surface area (Å²) in [6, 6.07) is 5.61. The molecule has 2 N–H and O–H groups in total. The van der Waals surface area contributed by atoms with Gasteiger partial charge in [-0.05, 0) is 74.3 Å². The Bertz CT molecular complexity index is 940. The number of likely N-dealkylation sites (N-methyl/N-ethyl adjacent to an activating group) is 1. The van der Waals surface area contributed by atoms with Crippen LogP contribution in [0.3, 0.4) is 0 Å². The smallest absolute Gasteiger partial charge is 0.247 e. The van der Waals surface area contributed by atoms with Gasteiger partial charge < -0.3 is 10.4 Å². The van der Waals surface area contributed by atoms with Crippen molar-refractivity contribution in [2.24, 2.45) is 5.41 Å². The Kier molecular flexibility index (Phi) is 8.05. The van der Waals surface area contributed by atoms with E-state index in [1.54, 1.807) is 13.1 Å². The van der Waals surface area contributed by atoms with Crippen LogP contribution >= 0.6 is 0 Å². The van der Waals surface area contributed by atoms with Gasteiger partial charge in [-0.15, -0.1) is 0 Å². The van der Waals surface area contributed by atoms with E-state index in [4.69, 9.17) is 0 Å². The molecule has 1 aliphatic rings. The van der Waals surface area contributed by atoms with Gasteiger partial charge in [0, 0.05) is 12.6 Å². The maximum atomic E-state index is 12.3. The second-order valence-electron chi connectivity index (χ2n) is 8.75. The topological polar surface area (TPSA) is 49.3 Å². The molecule has 0 bridgehead atoms. The number of phenolic OH excluding ortho intramolecular Hbond substituents is 1. The molecule has 1 aromatic rings. The first-order valence-electron chi connectivity index (χ1n) is 10.6. The second kappa shape index (κ2) is 10.3. The van der Waals surface area contributed by atoms with Crippen molar-refractivity contribution in [3.8, 4) is 5.75 Å². The summed E-state index contributed by atoms with van der Waals surface area (Å²) in [4.78, 5) is 12.3. The molecule has 0 aliphatic heterocycles. The standard InChI is InChI=1S/C27H35NO2/c1-19(9-7-10-20(2)17-22-13-15-25(29)21(3)18-22)12-14-24-23(26(30)28-6)11-8-16-27(24,4)5/h7,9-10,12-15,17-18,29H,8,11,16H2,1-6H3,(H,28,30)/b10-7+,14-12+,19-9+,20-17+. The number of carbonyl (C=O) groups is 1. The van der Waals surface area contributed by atoms with Gasteiger partial charge in [0.25, 0.3) is 0 Å². The van der Waals surface area contributed by atoms with Crippen molar-refractivity contribution in [2.45, 2.75) is 53.9 Å². The van der Waals surface area contributed by atoms with Crippen LogP contribution < -0.4 is 5.32 Å². The molecule has 0 heterocycles. The van der Waals surface area contributed by atoms with Crippen LogP contribution in [0.2, 0.25) is 0 Å². The van der Waals surface area contributed by atoms with E-state index in [0.29, 0.717) is 5.75 Å². The van der Waals surface area contributed by atoms with E-state index >= 15 is 0 Å². The van der Waals surface area contributed by atoms with E-state index in [-0.39, 0.29) is 11.3 Å². The molecule has 1 aromatic carbocycles. The van der Waals surface area contributed by atoms with Crippen molar-refractivity contribution in [3.63, 3.8) is 0 Å². The number of phenols is 1. The molecule has 0 aromatic heterocycles. The summed E-state index contributed by atoms with van der Waals surface area (Å²) >= 11 is 0. The number of rotatable bonds is 6. The van der Waals surface area contributed by atoms with Gasteiger partial charge in [-0.3, -0.25) is 4.79 Å². The predicted octanol–water partition coefficient (Wildman–Crippen LogP) is 6.42. The first kappa shape index (κ1) is 23.5. The van der Waals surface area contributed by atoms with Crippen LogP contribution in [-0.2, 0) is 4.79 Å². The lowest BCUT2D eigenvalue weighted by atomic mass is 9.72. The minimum absolute atomic E-state index is 0.00822. The highest BCUT2D eigenvalue weighted by molar-refractivity contribution is 5.94. The number of benzene rings is 1. The van der Waals surface area contributed by atoms with Crippen molar-refractivity contribution in [2.75, 3.05) is 7.05 Å². The molecule has 0 atom stereocenters. The van der Waals surface area contributed by atoms with Gasteiger partial charge in [0.15, 0.2) is 0 Å². The van der Waals surface area contributed by atoms with Gasteiger partial charge in [-0.25, -0.2) is 0 Å². The molecule has 3 nitrogen and oxygen atoms in total. The Labute approximate surface area is 181 Å². The summed E-state index contributed by atoms with van der Waals surface area (Å²) in [7, 11) is 1.70. The van der Waals surface area contributed by atoms with Crippen molar-refractivity contribution in [1.82, 2.24) is 5.32 Å². The van der Waals surface area contributed by atoms with E-state index in [1.165, 1.54) is 0 Å². The highest BCUT2D eigenvalue weighted by Gasteiger charge is 2.30. The SMILES string of the molecule is CNC(=O)C1=C(/C=C/C(C)=C/C=C/C(C)=C/c2ccc(O)c(C)c2)C(C)(C)CCC1.